The molecule has 23 heavy (non-hydrogen) atoms. The topological polar surface area (TPSA) is 78.7 Å². The van der Waals surface area contributed by atoms with Gasteiger partial charge >= 0.3 is 7.60 Å². The summed E-state index contributed by atoms with van der Waals surface area (Å²) in [5.74, 6) is 0.215. The largest absolute Gasteiger partial charge is 0.424 e. The first-order valence-electron chi connectivity index (χ1n) is 8.18. The molecule has 0 amide bonds. The quantitative estimate of drug-likeness (QED) is 0.215. The maximum atomic E-state index is 12.8. The van der Waals surface area contributed by atoms with Crippen molar-refractivity contribution >= 4 is 13.3 Å². The summed E-state index contributed by atoms with van der Waals surface area (Å²) in [6.07, 6.45) is 6.03. The number of nitro benzene ring substituents is 1. The molecule has 7 heteroatoms. The van der Waals surface area contributed by atoms with Gasteiger partial charge in [0.15, 0.2) is 0 Å². The highest BCUT2D eigenvalue weighted by molar-refractivity contribution is 7.54. The summed E-state index contributed by atoms with van der Waals surface area (Å²) in [4.78, 5) is 10.3. The molecule has 0 saturated carbocycles. The minimum atomic E-state index is -3.28. The third-order valence-corrected chi connectivity index (χ3v) is 5.27. The molecule has 0 bridgehead atoms. The van der Waals surface area contributed by atoms with Crippen LogP contribution < -0.4 is 4.52 Å². The smallest absolute Gasteiger partial charge is 0.379 e. The summed E-state index contributed by atoms with van der Waals surface area (Å²) in [6.45, 7) is 4.51. The molecule has 0 aromatic heterocycles. The molecule has 130 valence electrons. The van der Waals surface area contributed by atoms with Crippen molar-refractivity contribution in [1.29, 1.82) is 0 Å². The van der Waals surface area contributed by atoms with Gasteiger partial charge in [-0.05, 0) is 18.9 Å². The van der Waals surface area contributed by atoms with Gasteiger partial charge in [-0.3, -0.25) is 14.6 Å². The summed E-state index contributed by atoms with van der Waals surface area (Å²) in [6, 6.07) is 5.72. The first-order valence-corrected chi connectivity index (χ1v) is 9.91. The molecule has 0 aliphatic carbocycles. The highest BCUT2D eigenvalue weighted by Gasteiger charge is 2.26. The molecule has 0 spiro atoms. The van der Waals surface area contributed by atoms with Crippen molar-refractivity contribution in [3.63, 3.8) is 0 Å². The standard InChI is InChI=1S/C16H26NO5P/c1-3-5-7-8-12-21-23(20,13-6-4-2)22-16-11-9-10-15(14-16)17(18)19/h9-11,14H,3-8,12-13H2,1-2H3. The van der Waals surface area contributed by atoms with E-state index in [-0.39, 0.29) is 11.4 Å². The molecule has 0 N–H and O–H groups in total. The third kappa shape index (κ3) is 7.62. The van der Waals surface area contributed by atoms with Crippen molar-refractivity contribution in [3.8, 4) is 5.75 Å². The summed E-state index contributed by atoms with van der Waals surface area (Å²) >= 11 is 0. The van der Waals surface area contributed by atoms with Gasteiger partial charge in [-0.15, -0.1) is 0 Å². The van der Waals surface area contributed by atoms with Crippen LogP contribution in [0.5, 0.6) is 5.75 Å². The molecule has 0 aliphatic rings. The Balaban J connectivity index is 2.70. The number of nitrogens with zero attached hydrogens (tertiary/aromatic N) is 1. The van der Waals surface area contributed by atoms with Gasteiger partial charge < -0.3 is 4.52 Å². The number of non-ortho nitro benzene ring substituents is 1. The lowest BCUT2D eigenvalue weighted by Gasteiger charge is -2.19. The lowest BCUT2D eigenvalue weighted by molar-refractivity contribution is -0.384. The normalized spacial score (nSPS) is 13.5. The second-order valence-electron chi connectivity index (χ2n) is 5.43. The predicted molar refractivity (Wildman–Crippen MR) is 91.2 cm³/mol. The summed E-state index contributed by atoms with van der Waals surface area (Å²) in [5, 5.41) is 10.8. The number of unbranched alkanes of at least 4 members (excludes halogenated alkanes) is 4. The zero-order chi connectivity index (χ0) is 17.1. The minimum absolute atomic E-state index is 0.0903. The molecule has 1 rings (SSSR count). The highest BCUT2D eigenvalue weighted by Crippen LogP contribution is 2.49. The lowest BCUT2D eigenvalue weighted by Crippen LogP contribution is -2.04. The molecule has 6 nitrogen and oxygen atoms in total. The Kier molecular flexibility index (Phi) is 8.89. The van der Waals surface area contributed by atoms with Gasteiger partial charge in [-0.1, -0.05) is 45.6 Å². The summed E-state index contributed by atoms with van der Waals surface area (Å²) in [7, 11) is -3.28. The first kappa shape index (κ1) is 19.7. The van der Waals surface area contributed by atoms with E-state index in [2.05, 4.69) is 6.92 Å². The van der Waals surface area contributed by atoms with Crippen LogP contribution in [-0.4, -0.2) is 17.7 Å². The molecule has 1 aromatic carbocycles. The molecule has 0 radical (unpaired) electrons. The Bertz CT molecular complexity index is 535. The van der Waals surface area contributed by atoms with E-state index in [4.69, 9.17) is 9.05 Å². The van der Waals surface area contributed by atoms with Gasteiger partial charge in [-0.25, -0.2) is 4.57 Å². The summed E-state index contributed by atoms with van der Waals surface area (Å²) < 4.78 is 23.9. The number of benzene rings is 1. The van der Waals surface area contributed by atoms with Gasteiger partial charge in [0.1, 0.15) is 5.75 Å². The average molecular weight is 343 g/mol. The van der Waals surface area contributed by atoms with Crippen molar-refractivity contribution in [2.24, 2.45) is 0 Å². The van der Waals surface area contributed by atoms with Crippen LogP contribution >= 0.6 is 7.60 Å². The number of hydrogen-bond acceptors (Lipinski definition) is 5. The van der Waals surface area contributed by atoms with Gasteiger partial charge in [0.25, 0.3) is 5.69 Å². The van der Waals surface area contributed by atoms with E-state index in [9.17, 15) is 14.7 Å². The molecular formula is C16H26NO5P. The molecule has 1 atom stereocenters. The highest BCUT2D eigenvalue weighted by atomic mass is 31.2. The van der Waals surface area contributed by atoms with E-state index in [0.717, 1.165) is 38.5 Å². The molecule has 0 saturated heterocycles. The monoisotopic (exact) mass is 343 g/mol. The predicted octanol–water partition coefficient (Wildman–Crippen LogP) is 5.56. The Hall–Kier alpha value is -1.39. The molecule has 1 unspecified atom stereocenters. The Morgan fingerprint density at radius 2 is 1.87 bits per heavy atom. The number of rotatable bonds is 12. The third-order valence-electron chi connectivity index (χ3n) is 3.34. The molecule has 0 heterocycles. The van der Waals surface area contributed by atoms with E-state index < -0.39 is 12.5 Å². The fraction of sp³-hybridized carbons (Fsp3) is 0.625. The number of hydrogen-bond donors (Lipinski definition) is 0. The Morgan fingerprint density at radius 1 is 1.13 bits per heavy atom. The van der Waals surface area contributed by atoms with E-state index in [1.54, 1.807) is 6.07 Å². The van der Waals surface area contributed by atoms with Crippen molar-refractivity contribution in [2.75, 3.05) is 12.8 Å². The van der Waals surface area contributed by atoms with E-state index in [0.29, 0.717) is 12.8 Å². The maximum Gasteiger partial charge on any atom is 0.379 e. The molecule has 1 aromatic rings. The Morgan fingerprint density at radius 3 is 2.52 bits per heavy atom. The van der Waals surface area contributed by atoms with Crippen molar-refractivity contribution in [2.45, 2.75) is 52.4 Å². The summed E-state index contributed by atoms with van der Waals surface area (Å²) in [5.41, 5.74) is -0.0903. The van der Waals surface area contributed by atoms with Gasteiger partial charge in [0.2, 0.25) is 0 Å². The van der Waals surface area contributed by atoms with Crippen LogP contribution in [0.2, 0.25) is 0 Å². The van der Waals surface area contributed by atoms with Crippen molar-refractivity contribution in [3.05, 3.63) is 34.4 Å². The van der Waals surface area contributed by atoms with Crippen LogP contribution in [0.1, 0.15) is 52.4 Å². The fourth-order valence-corrected chi connectivity index (χ4v) is 3.85. The lowest BCUT2D eigenvalue weighted by atomic mass is 10.2. The van der Waals surface area contributed by atoms with Crippen LogP contribution in [0.15, 0.2) is 24.3 Å². The zero-order valence-electron chi connectivity index (χ0n) is 13.9. The van der Waals surface area contributed by atoms with Crippen molar-refractivity contribution < 1.29 is 18.5 Å². The van der Waals surface area contributed by atoms with Crippen LogP contribution in [0.4, 0.5) is 5.69 Å². The maximum absolute atomic E-state index is 12.8. The average Bonchev–Trinajstić information content (AvgIpc) is 2.53. The van der Waals surface area contributed by atoms with E-state index in [1.165, 1.54) is 18.2 Å². The fourth-order valence-electron chi connectivity index (χ4n) is 2.04. The number of nitro groups is 1. The minimum Gasteiger partial charge on any atom is -0.424 e. The van der Waals surface area contributed by atoms with Crippen LogP contribution in [0, 0.1) is 10.1 Å². The Labute approximate surface area is 137 Å². The first-order chi connectivity index (χ1) is 11.0. The van der Waals surface area contributed by atoms with Gasteiger partial charge in [0, 0.05) is 6.07 Å². The van der Waals surface area contributed by atoms with Crippen molar-refractivity contribution in [1.82, 2.24) is 0 Å². The van der Waals surface area contributed by atoms with Gasteiger partial charge in [-0.2, -0.15) is 0 Å². The molecular weight excluding hydrogens is 317 g/mol. The van der Waals surface area contributed by atoms with Crippen LogP contribution in [0.3, 0.4) is 0 Å². The molecule has 0 aliphatic heterocycles. The zero-order valence-corrected chi connectivity index (χ0v) is 14.8. The second-order valence-corrected chi connectivity index (χ2v) is 7.54. The van der Waals surface area contributed by atoms with E-state index in [1.807, 2.05) is 6.92 Å². The second kappa shape index (κ2) is 10.4. The SMILES string of the molecule is CCCCCCOP(=O)(CCCC)Oc1cccc([N+](=O)[O-])c1. The van der Waals surface area contributed by atoms with E-state index >= 15 is 0 Å². The molecule has 0 fully saturated rings. The van der Waals surface area contributed by atoms with Crippen LogP contribution in [-0.2, 0) is 9.09 Å². The van der Waals surface area contributed by atoms with Gasteiger partial charge in [0.05, 0.1) is 23.8 Å². The van der Waals surface area contributed by atoms with Crippen LogP contribution in [0.25, 0.3) is 0 Å².